The number of hydrogen-bond donors (Lipinski definition) is 3. The standard InChI is InChI=1S/C11H19BrN4O2S/c1-7(2)8(3)5-15-19(17,18)10-4-9(12)6-14-11(10)16-13/h4,6-8,15H,5,13H2,1-3H3,(H,14,16). The van der Waals surface area contributed by atoms with Crippen LogP contribution in [-0.2, 0) is 10.0 Å². The van der Waals surface area contributed by atoms with E-state index < -0.39 is 10.0 Å². The van der Waals surface area contributed by atoms with E-state index in [1.165, 1.54) is 12.3 Å². The first kappa shape index (κ1) is 16.4. The van der Waals surface area contributed by atoms with Gasteiger partial charge in [0.15, 0.2) is 5.82 Å². The molecule has 8 heteroatoms. The molecule has 0 aromatic carbocycles. The van der Waals surface area contributed by atoms with Crippen molar-refractivity contribution in [1.82, 2.24) is 9.71 Å². The van der Waals surface area contributed by atoms with Gasteiger partial charge in [-0.05, 0) is 33.8 Å². The smallest absolute Gasteiger partial charge is 0.244 e. The molecule has 0 bridgehead atoms. The van der Waals surface area contributed by atoms with Gasteiger partial charge in [-0.15, -0.1) is 0 Å². The maximum absolute atomic E-state index is 12.2. The van der Waals surface area contributed by atoms with Crippen molar-refractivity contribution in [2.75, 3.05) is 12.0 Å². The third-order valence-corrected chi connectivity index (χ3v) is 4.85. The lowest BCUT2D eigenvalue weighted by atomic mass is 9.99. The Morgan fingerprint density at radius 3 is 2.58 bits per heavy atom. The highest BCUT2D eigenvalue weighted by molar-refractivity contribution is 9.10. The van der Waals surface area contributed by atoms with Gasteiger partial charge in [-0.2, -0.15) is 0 Å². The third-order valence-electron chi connectivity index (χ3n) is 2.98. The van der Waals surface area contributed by atoms with Crippen LogP contribution < -0.4 is 16.0 Å². The van der Waals surface area contributed by atoms with E-state index in [2.05, 4.69) is 31.1 Å². The molecule has 1 aromatic rings. The van der Waals surface area contributed by atoms with Crippen molar-refractivity contribution in [2.24, 2.45) is 17.7 Å². The van der Waals surface area contributed by atoms with E-state index in [4.69, 9.17) is 5.84 Å². The van der Waals surface area contributed by atoms with Crippen LogP contribution in [0.15, 0.2) is 21.6 Å². The van der Waals surface area contributed by atoms with Crippen LogP contribution in [0.25, 0.3) is 0 Å². The largest absolute Gasteiger partial charge is 0.307 e. The lowest BCUT2D eigenvalue weighted by Crippen LogP contribution is -2.31. The summed E-state index contributed by atoms with van der Waals surface area (Å²) in [6.45, 7) is 6.46. The maximum Gasteiger partial charge on any atom is 0.244 e. The van der Waals surface area contributed by atoms with Gasteiger partial charge in [0.25, 0.3) is 0 Å². The van der Waals surface area contributed by atoms with Crippen LogP contribution in [0.5, 0.6) is 0 Å². The van der Waals surface area contributed by atoms with Crippen molar-refractivity contribution in [3.05, 3.63) is 16.7 Å². The Morgan fingerprint density at radius 2 is 2.05 bits per heavy atom. The molecule has 1 rings (SSSR count). The Labute approximate surface area is 122 Å². The molecule has 19 heavy (non-hydrogen) atoms. The maximum atomic E-state index is 12.2. The summed E-state index contributed by atoms with van der Waals surface area (Å²) in [6, 6.07) is 1.46. The minimum Gasteiger partial charge on any atom is -0.307 e. The first-order chi connectivity index (χ1) is 8.77. The fraction of sp³-hybridized carbons (Fsp3) is 0.545. The molecule has 0 aliphatic heterocycles. The summed E-state index contributed by atoms with van der Waals surface area (Å²) in [5.74, 6) is 6.04. The van der Waals surface area contributed by atoms with E-state index in [1.54, 1.807) is 0 Å². The molecule has 1 atom stereocenters. The number of hydrogen-bond acceptors (Lipinski definition) is 5. The van der Waals surface area contributed by atoms with Crippen LogP contribution in [0.2, 0.25) is 0 Å². The van der Waals surface area contributed by atoms with Crippen molar-refractivity contribution >= 4 is 31.8 Å². The first-order valence-corrected chi connectivity index (χ1v) is 8.17. The SMILES string of the molecule is CC(C)C(C)CNS(=O)(=O)c1cc(Br)cnc1NN. The molecule has 1 unspecified atom stereocenters. The van der Waals surface area contributed by atoms with Crippen LogP contribution in [0, 0.1) is 11.8 Å². The Kier molecular flexibility index (Phi) is 5.72. The summed E-state index contributed by atoms with van der Waals surface area (Å²) in [6.07, 6.45) is 1.48. The van der Waals surface area contributed by atoms with Crippen LogP contribution in [0.1, 0.15) is 20.8 Å². The molecule has 0 fully saturated rings. The van der Waals surface area contributed by atoms with Gasteiger partial charge in [0.1, 0.15) is 4.90 Å². The molecule has 4 N–H and O–H groups in total. The summed E-state index contributed by atoms with van der Waals surface area (Å²) in [7, 11) is -3.64. The van der Waals surface area contributed by atoms with Gasteiger partial charge < -0.3 is 5.43 Å². The number of pyridine rings is 1. The Bertz CT molecular complexity index is 533. The number of nitrogens with zero attached hydrogens (tertiary/aromatic N) is 1. The molecular weight excluding hydrogens is 332 g/mol. The van der Waals surface area contributed by atoms with Crippen LogP contribution in [0.3, 0.4) is 0 Å². The molecule has 0 saturated carbocycles. The zero-order valence-corrected chi connectivity index (χ0v) is 13.5. The molecule has 0 aliphatic carbocycles. The van der Waals surface area contributed by atoms with Gasteiger partial charge in [-0.3, -0.25) is 0 Å². The zero-order chi connectivity index (χ0) is 14.6. The molecule has 108 valence electrons. The fourth-order valence-electron chi connectivity index (χ4n) is 1.29. The Hall–Kier alpha value is -0.700. The summed E-state index contributed by atoms with van der Waals surface area (Å²) in [5, 5.41) is 0. The highest BCUT2D eigenvalue weighted by atomic mass is 79.9. The zero-order valence-electron chi connectivity index (χ0n) is 11.1. The lowest BCUT2D eigenvalue weighted by Gasteiger charge is -2.17. The summed E-state index contributed by atoms with van der Waals surface area (Å²) in [5.41, 5.74) is 2.29. The van der Waals surface area contributed by atoms with Gasteiger partial charge in [-0.25, -0.2) is 24.0 Å². The first-order valence-electron chi connectivity index (χ1n) is 5.89. The number of rotatable bonds is 6. The van der Waals surface area contributed by atoms with E-state index in [0.29, 0.717) is 16.9 Å². The van der Waals surface area contributed by atoms with E-state index in [-0.39, 0.29) is 16.6 Å². The number of anilines is 1. The lowest BCUT2D eigenvalue weighted by molar-refractivity contribution is 0.414. The van der Waals surface area contributed by atoms with Crippen LogP contribution >= 0.6 is 15.9 Å². The fourth-order valence-corrected chi connectivity index (χ4v) is 3.06. The molecule has 0 radical (unpaired) electrons. The molecule has 0 aliphatic rings. The number of sulfonamides is 1. The Balaban J connectivity index is 2.97. The second-order valence-electron chi connectivity index (χ2n) is 4.72. The molecule has 0 amide bonds. The van der Waals surface area contributed by atoms with Crippen LogP contribution in [-0.4, -0.2) is 19.9 Å². The molecule has 6 nitrogen and oxygen atoms in total. The number of nitrogens with one attached hydrogen (secondary N) is 2. The normalized spacial score (nSPS) is 13.6. The third kappa shape index (κ3) is 4.41. The number of halogens is 1. The molecule has 0 spiro atoms. The minimum absolute atomic E-state index is 0.0281. The van der Waals surface area contributed by atoms with E-state index in [0.717, 1.165) is 0 Å². The van der Waals surface area contributed by atoms with Gasteiger partial charge in [0, 0.05) is 17.2 Å². The van der Waals surface area contributed by atoms with Crippen molar-refractivity contribution in [2.45, 2.75) is 25.7 Å². The average molecular weight is 351 g/mol. The molecule has 0 saturated heterocycles. The minimum atomic E-state index is -3.64. The van der Waals surface area contributed by atoms with E-state index in [1.807, 2.05) is 20.8 Å². The van der Waals surface area contributed by atoms with Gasteiger partial charge >= 0.3 is 0 Å². The van der Waals surface area contributed by atoms with Crippen molar-refractivity contribution < 1.29 is 8.42 Å². The second kappa shape index (κ2) is 6.65. The predicted octanol–water partition coefficient (Wildman–Crippen LogP) is 1.70. The second-order valence-corrected chi connectivity index (χ2v) is 7.37. The highest BCUT2D eigenvalue weighted by Gasteiger charge is 2.21. The summed E-state index contributed by atoms with van der Waals surface area (Å²) in [4.78, 5) is 3.95. The predicted molar refractivity (Wildman–Crippen MR) is 78.9 cm³/mol. The quantitative estimate of drug-likeness (QED) is 0.535. The van der Waals surface area contributed by atoms with Crippen molar-refractivity contribution in [1.29, 1.82) is 0 Å². The van der Waals surface area contributed by atoms with Crippen LogP contribution in [0.4, 0.5) is 5.82 Å². The van der Waals surface area contributed by atoms with Gasteiger partial charge in [0.05, 0.1) is 0 Å². The van der Waals surface area contributed by atoms with Crippen molar-refractivity contribution in [3.8, 4) is 0 Å². The molecular formula is C11H19BrN4O2S. The summed E-state index contributed by atoms with van der Waals surface area (Å²) < 4.78 is 27.6. The average Bonchev–Trinajstić information content (AvgIpc) is 2.35. The molecule has 1 aromatic heterocycles. The van der Waals surface area contributed by atoms with Crippen molar-refractivity contribution in [3.63, 3.8) is 0 Å². The molecule has 1 heterocycles. The van der Waals surface area contributed by atoms with Gasteiger partial charge in [0.2, 0.25) is 10.0 Å². The monoisotopic (exact) mass is 350 g/mol. The van der Waals surface area contributed by atoms with Gasteiger partial charge in [-0.1, -0.05) is 20.8 Å². The topological polar surface area (TPSA) is 97.1 Å². The highest BCUT2D eigenvalue weighted by Crippen LogP contribution is 2.22. The number of hydrazine groups is 1. The number of nitrogen functional groups attached to an aromatic ring is 1. The number of aromatic nitrogens is 1. The van der Waals surface area contributed by atoms with E-state index in [9.17, 15) is 8.42 Å². The summed E-state index contributed by atoms with van der Waals surface area (Å²) >= 11 is 3.20. The number of nitrogens with two attached hydrogens (primary N) is 1. The van der Waals surface area contributed by atoms with E-state index >= 15 is 0 Å². The Morgan fingerprint density at radius 1 is 1.42 bits per heavy atom.